The fourth-order valence-electron chi connectivity index (χ4n) is 1.81. The number of rotatable bonds is 4. The van der Waals surface area contributed by atoms with Crippen molar-refractivity contribution < 1.29 is 9.72 Å². The Morgan fingerprint density at radius 2 is 1.90 bits per heavy atom. The molecular formula is C15H13BrN2O3. The minimum Gasteiger partial charge on any atom is -0.321 e. The van der Waals surface area contributed by atoms with E-state index in [4.69, 9.17) is 0 Å². The van der Waals surface area contributed by atoms with Crippen LogP contribution in [0.1, 0.15) is 22.8 Å². The minimum atomic E-state index is -0.486. The van der Waals surface area contributed by atoms with Crippen LogP contribution in [0.4, 0.5) is 11.4 Å². The van der Waals surface area contributed by atoms with Crippen molar-refractivity contribution in [2.24, 2.45) is 0 Å². The highest BCUT2D eigenvalue weighted by Gasteiger charge is 2.12. The molecule has 1 amide bonds. The predicted molar refractivity (Wildman–Crippen MR) is 84.6 cm³/mol. The summed E-state index contributed by atoms with van der Waals surface area (Å²) in [5.41, 5.74) is 2.15. The van der Waals surface area contributed by atoms with Gasteiger partial charge in [0.05, 0.1) is 10.6 Å². The van der Waals surface area contributed by atoms with Gasteiger partial charge in [-0.3, -0.25) is 14.9 Å². The van der Waals surface area contributed by atoms with Crippen LogP contribution in [0.15, 0.2) is 46.9 Å². The molecule has 1 N–H and O–H groups in total. The molecular weight excluding hydrogens is 336 g/mol. The highest BCUT2D eigenvalue weighted by Crippen LogP contribution is 2.27. The minimum absolute atomic E-state index is 0.0350. The molecule has 0 bridgehead atoms. The third kappa shape index (κ3) is 3.66. The third-order valence-electron chi connectivity index (χ3n) is 3.04. The second-order valence-corrected chi connectivity index (χ2v) is 5.28. The number of carbonyl (C=O) groups excluding carboxylic acids is 1. The summed E-state index contributed by atoms with van der Waals surface area (Å²) in [6.07, 6.45) is 0.912. The zero-order valence-electron chi connectivity index (χ0n) is 11.3. The van der Waals surface area contributed by atoms with Crippen molar-refractivity contribution in [3.05, 3.63) is 68.2 Å². The number of carbonyl (C=O) groups is 1. The Bertz CT molecular complexity index is 684. The van der Waals surface area contributed by atoms with Gasteiger partial charge in [-0.2, -0.15) is 0 Å². The molecule has 0 aromatic heterocycles. The molecule has 0 aliphatic rings. The SMILES string of the molecule is CCc1ccc(C(=O)Nc2ccc([N+](=O)[O-])cc2Br)cc1. The summed E-state index contributed by atoms with van der Waals surface area (Å²) in [6.45, 7) is 2.04. The van der Waals surface area contributed by atoms with Gasteiger partial charge in [0.2, 0.25) is 0 Å². The van der Waals surface area contributed by atoms with E-state index in [2.05, 4.69) is 21.2 Å². The van der Waals surface area contributed by atoms with E-state index in [1.165, 1.54) is 18.2 Å². The molecule has 2 rings (SSSR count). The molecule has 0 spiro atoms. The summed E-state index contributed by atoms with van der Waals surface area (Å²) in [4.78, 5) is 22.3. The van der Waals surface area contributed by atoms with Crippen molar-refractivity contribution in [1.29, 1.82) is 0 Å². The zero-order valence-corrected chi connectivity index (χ0v) is 12.9. The molecule has 0 heterocycles. The fourth-order valence-corrected chi connectivity index (χ4v) is 2.27. The quantitative estimate of drug-likeness (QED) is 0.665. The first-order chi connectivity index (χ1) is 10.0. The lowest BCUT2D eigenvalue weighted by Crippen LogP contribution is -2.12. The van der Waals surface area contributed by atoms with Crippen molar-refractivity contribution in [1.82, 2.24) is 0 Å². The van der Waals surface area contributed by atoms with Gasteiger partial charge in [0.1, 0.15) is 0 Å². The van der Waals surface area contributed by atoms with Crippen LogP contribution in [-0.2, 0) is 6.42 Å². The molecule has 21 heavy (non-hydrogen) atoms. The Morgan fingerprint density at radius 3 is 2.43 bits per heavy atom. The third-order valence-corrected chi connectivity index (χ3v) is 3.69. The number of nitro benzene ring substituents is 1. The van der Waals surface area contributed by atoms with Gasteiger partial charge < -0.3 is 5.32 Å². The second kappa shape index (κ2) is 6.49. The summed E-state index contributed by atoms with van der Waals surface area (Å²) < 4.78 is 0.468. The summed E-state index contributed by atoms with van der Waals surface area (Å²) in [6, 6.07) is 11.5. The largest absolute Gasteiger partial charge is 0.321 e. The Balaban J connectivity index is 2.17. The lowest BCUT2D eigenvalue weighted by molar-refractivity contribution is -0.384. The van der Waals surface area contributed by atoms with Gasteiger partial charge in [0, 0.05) is 22.2 Å². The summed E-state index contributed by atoms with van der Waals surface area (Å²) >= 11 is 3.22. The maximum absolute atomic E-state index is 12.1. The molecule has 2 aromatic carbocycles. The number of hydrogen-bond acceptors (Lipinski definition) is 3. The number of halogens is 1. The molecule has 0 saturated heterocycles. The van der Waals surface area contributed by atoms with E-state index in [1.54, 1.807) is 12.1 Å². The number of non-ortho nitro benzene ring substituents is 1. The Labute approximate surface area is 130 Å². The van der Waals surface area contributed by atoms with Crippen LogP contribution in [0.25, 0.3) is 0 Å². The van der Waals surface area contributed by atoms with E-state index in [9.17, 15) is 14.9 Å². The van der Waals surface area contributed by atoms with Gasteiger partial charge in [-0.15, -0.1) is 0 Å². The maximum atomic E-state index is 12.1. The number of anilines is 1. The Morgan fingerprint density at radius 1 is 1.24 bits per heavy atom. The maximum Gasteiger partial charge on any atom is 0.270 e. The molecule has 0 unspecified atom stereocenters. The summed E-state index contributed by atoms with van der Waals surface area (Å²) in [5, 5.41) is 13.4. The molecule has 0 fully saturated rings. The van der Waals surface area contributed by atoms with E-state index in [1.807, 2.05) is 19.1 Å². The smallest absolute Gasteiger partial charge is 0.270 e. The molecule has 0 saturated carbocycles. The monoisotopic (exact) mass is 348 g/mol. The fraction of sp³-hybridized carbons (Fsp3) is 0.133. The van der Waals surface area contributed by atoms with E-state index >= 15 is 0 Å². The summed E-state index contributed by atoms with van der Waals surface area (Å²) in [5.74, 6) is -0.257. The number of nitro groups is 1. The highest BCUT2D eigenvalue weighted by atomic mass is 79.9. The normalized spacial score (nSPS) is 10.2. The van der Waals surface area contributed by atoms with E-state index in [-0.39, 0.29) is 11.6 Å². The lowest BCUT2D eigenvalue weighted by atomic mass is 10.1. The van der Waals surface area contributed by atoms with Crippen LogP contribution in [0.5, 0.6) is 0 Å². The van der Waals surface area contributed by atoms with Gasteiger partial charge in [0.15, 0.2) is 0 Å². The molecule has 0 aliphatic carbocycles. The average molecular weight is 349 g/mol. The van der Waals surface area contributed by atoms with Gasteiger partial charge in [-0.1, -0.05) is 19.1 Å². The highest BCUT2D eigenvalue weighted by molar-refractivity contribution is 9.10. The van der Waals surface area contributed by atoms with E-state index in [0.717, 1.165) is 12.0 Å². The van der Waals surface area contributed by atoms with E-state index in [0.29, 0.717) is 15.7 Å². The molecule has 0 aliphatic heterocycles. The standard InChI is InChI=1S/C15H13BrN2O3/c1-2-10-3-5-11(6-4-10)15(19)17-14-8-7-12(18(20)21)9-13(14)16/h3-9H,2H2,1H3,(H,17,19). The zero-order chi connectivity index (χ0) is 15.4. The molecule has 5 nitrogen and oxygen atoms in total. The number of amides is 1. The van der Waals surface area contributed by atoms with Gasteiger partial charge in [-0.25, -0.2) is 0 Å². The van der Waals surface area contributed by atoms with Crippen LogP contribution in [0, 0.1) is 10.1 Å². The number of nitrogens with one attached hydrogen (secondary N) is 1. The van der Waals surface area contributed by atoms with Crippen molar-refractivity contribution in [2.75, 3.05) is 5.32 Å². The predicted octanol–water partition coefficient (Wildman–Crippen LogP) is 4.17. The Hall–Kier alpha value is -2.21. The second-order valence-electron chi connectivity index (χ2n) is 4.43. The van der Waals surface area contributed by atoms with Crippen LogP contribution in [0.3, 0.4) is 0 Å². The first-order valence-electron chi connectivity index (χ1n) is 6.35. The van der Waals surface area contributed by atoms with Gasteiger partial charge >= 0.3 is 0 Å². The number of nitrogens with zero attached hydrogens (tertiary/aromatic N) is 1. The lowest BCUT2D eigenvalue weighted by Gasteiger charge is -2.07. The number of hydrogen-bond donors (Lipinski definition) is 1. The van der Waals surface area contributed by atoms with Crippen LogP contribution in [-0.4, -0.2) is 10.8 Å². The van der Waals surface area contributed by atoms with Crippen LogP contribution < -0.4 is 5.32 Å². The first kappa shape index (κ1) is 15.2. The molecule has 0 radical (unpaired) electrons. The van der Waals surface area contributed by atoms with Crippen LogP contribution in [0.2, 0.25) is 0 Å². The van der Waals surface area contributed by atoms with Crippen molar-refractivity contribution in [3.63, 3.8) is 0 Å². The van der Waals surface area contributed by atoms with Crippen molar-refractivity contribution >= 4 is 33.2 Å². The van der Waals surface area contributed by atoms with E-state index < -0.39 is 4.92 Å². The number of aryl methyl sites for hydroxylation is 1. The van der Waals surface area contributed by atoms with Gasteiger partial charge in [-0.05, 0) is 46.1 Å². The van der Waals surface area contributed by atoms with Gasteiger partial charge in [0.25, 0.3) is 11.6 Å². The molecule has 6 heteroatoms. The topological polar surface area (TPSA) is 72.2 Å². The molecule has 2 aromatic rings. The van der Waals surface area contributed by atoms with Crippen molar-refractivity contribution in [3.8, 4) is 0 Å². The number of benzene rings is 2. The molecule has 0 atom stereocenters. The first-order valence-corrected chi connectivity index (χ1v) is 7.14. The van der Waals surface area contributed by atoms with Crippen LogP contribution >= 0.6 is 15.9 Å². The average Bonchev–Trinajstić information content (AvgIpc) is 2.49. The Kier molecular flexibility index (Phi) is 4.70. The van der Waals surface area contributed by atoms with Crippen molar-refractivity contribution in [2.45, 2.75) is 13.3 Å². The summed E-state index contributed by atoms with van der Waals surface area (Å²) in [7, 11) is 0. The molecule has 108 valence electrons.